The third-order valence-electron chi connectivity index (χ3n) is 6.70. The number of hydrogen-bond donors (Lipinski definition) is 0. The Labute approximate surface area is 145 Å². The zero-order valence-corrected chi connectivity index (χ0v) is 15.5. The molecule has 0 saturated heterocycles. The molecule has 0 spiro atoms. The van der Waals surface area contributed by atoms with Gasteiger partial charge in [0, 0.05) is 18.7 Å². The van der Waals surface area contributed by atoms with Gasteiger partial charge in [0.15, 0.2) is 0 Å². The van der Waals surface area contributed by atoms with E-state index in [-0.39, 0.29) is 5.82 Å². The van der Waals surface area contributed by atoms with E-state index in [9.17, 15) is 4.39 Å². The Morgan fingerprint density at radius 3 is 2.79 bits per heavy atom. The number of rotatable bonds is 5. The molecule has 1 aromatic carbocycles. The molecule has 4 atom stereocenters. The second-order valence-electron chi connectivity index (χ2n) is 9.11. The number of hydrogen-bond acceptors (Lipinski definition) is 1. The van der Waals surface area contributed by atoms with Crippen molar-refractivity contribution in [3.05, 3.63) is 46.8 Å². The third-order valence-corrected chi connectivity index (χ3v) is 6.70. The number of halogens is 1. The summed E-state index contributed by atoms with van der Waals surface area (Å²) in [6.45, 7) is 8.42. The molecule has 0 aromatic heterocycles. The third kappa shape index (κ3) is 2.54. The van der Waals surface area contributed by atoms with Crippen LogP contribution in [-0.2, 0) is 6.54 Å². The molecule has 2 fully saturated rings. The second kappa shape index (κ2) is 5.69. The van der Waals surface area contributed by atoms with Crippen LogP contribution in [0.1, 0.15) is 57.1 Å². The van der Waals surface area contributed by atoms with Crippen LogP contribution in [-0.4, -0.2) is 18.5 Å². The van der Waals surface area contributed by atoms with Gasteiger partial charge in [-0.1, -0.05) is 44.6 Å². The van der Waals surface area contributed by atoms with Crippen LogP contribution >= 0.6 is 0 Å². The molecule has 0 amide bonds. The molecule has 3 aliphatic rings. The van der Waals surface area contributed by atoms with Crippen LogP contribution in [0.25, 0.3) is 0 Å². The highest BCUT2D eigenvalue weighted by molar-refractivity contribution is 5.35. The molecule has 0 radical (unpaired) electrons. The lowest BCUT2D eigenvalue weighted by Gasteiger charge is -2.68. The van der Waals surface area contributed by atoms with Crippen LogP contribution in [0, 0.1) is 29.0 Å². The molecular formula is C22H30FN. The highest BCUT2D eigenvalue weighted by atomic mass is 19.1. The molecule has 1 nitrogen and oxygen atoms in total. The fourth-order valence-electron chi connectivity index (χ4n) is 5.82. The molecule has 0 bridgehead atoms. The highest BCUT2D eigenvalue weighted by Crippen LogP contribution is 2.70. The molecule has 130 valence electrons. The molecule has 2 heteroatoms. The molecule has 2 saturated carbocycles. The molecule has 3 unspecified atom stereocenters. The van der Waals surface area contributed by atoms with Gasteiger partial charge in [-0.25, -0.2) is 4.39 Å². The van der Waals surface area contributed by atoms with Crippen molar-refractivity contribution in [2.75, 3.05) is 13.6 Å². The average molecular weight is 327 g/mol. The first kappa shape index (κ1) is 16.3. The van der Waals surface area contributed by atoms with Gasteiger partial charge < -0.3 is 4.90 Å². The lowest BCUT2D eigenvalue weighted by molar-refractivity contribution is -0.112. The van der Waals surface area contributed by atoms with Crippen molar-refractivity contribution in [2.45, 2.75) is 52.5 Å². The Kier molecular flexibility index (Phi) is 3.87. The summed E-state index contributed by atoms with van der Waals surface area (Å²) >= 11 is 0. The molecule has 1 aromatic rings. The van der Waals surface area contributed by atoms with Gasteiger partial charge in [0.05, 0.1) is 0 Å². The molecule has 0 heterocycles. The fourth-order valence-corrected chi connectivity index (χ4v) is 5.82. The Morgan fingerprint density at radius 1 is 1.33 bits per heavy atom. The van der Waals surface area contributed by atoms with Gasteiger partial charge in [0.25, 0.3) is 0 Å². The Bertz CT molecular complexity index is 677. The van der Waals surface area contributed by atoms with E-state index in [4.69, 9.17) is 0 Å². The molecule has 24 heavy (non-hydrogen) atoms. The maximum atomic E-state index is 14.4. The van der Waals surface area contributed by atoms with Gasteiger partial charge in [-0.3, -0.25) is 0 Å². The Morgan fingerprint density at radius 2 is 2.12 bits per heavy atom. The van der Waals surface area contributed by atoms with E-state index in [2.05, 4.69) is 44.9 Å². The van der Waals surface area contributed by atoms with Gasteiger partial charge in [-0.15, -0.1) is 0 Å². The van der Waals surface area contributed by atoms with E-state index >= 15 is 0 Å². The normalized spacial score (nSPS) is 33.8. The number of nitrogens with zero attached hydrogens (tertiary/aromatic N) is 1. The van der Waals surface area contributed by atoms with E-state index in [1.54, 1.807) is 11.6 Å². The number of allylic oxidation sites excluding steroid dienone is 2. The van der Waals surface area contributed by atoms with Crippen LogP contribution in [0.3, 0.4) is 0 Å². The van der Waals surface area contributed by atoms with Crippen LogP contribution in [0.2, 0.25) is 0 Å². The van der Waals surface area contributed by atoms with E-state index < -0.39 is 0 Å². The SMILES string of the molecule is CC1C=C2CC3(CN(C)Cc4ccc(C(C)C)cc4F)C[C@H](C1)C23. The summed E-state index contributed by atoms with van der Waals surface area (Å²) in [5.74, 6) is 2.91. The molecular weight excluding hydrogens is 297 g/mol. The van der Waals surface area contributed by atoms with Gasteiger partial charge in [-0.05, 0) is 67.0 Å². The van der Waals surface area contributed by atoms with Crippen LogP contribution in [0.5, 0.6) is 0 Å². The van der Waals surface area contributed by atoms with Crippen LogP contribution < -0.4 is 0 Å². The van der Waals surface area contributed by atoms with Crippen molar-refractivity contribution in [2.24, 2.45) is 23.2 Å². The fraction of sp³-hybridized carbons (Fsp3) is 0.636. The van der Waals surface area contributed by atoms with Crippen molar-refractivity contribution in [1.82, 2.24) is 4.90 Å². The zero-order chi connectivity index (χ0) is 17.1. The summed E-state index contributed by atoms with van der Waals surface area (Å²) in [6.07, 6.45) is 6.59. The van der Waals surface area contributed by atoms with Gasteiger partial charge in [-0.2, -0.15) is 0 Å². The quantitative estimate of drug-likeness (QED) is 0.657. The van der Waals surface area contributed by atoms with E-state index in [0.29, 0.717) is 11.3 Å². The minimum Gasteiger partial charge on any atom is -0.301 e. The topological polar surface area (TPSA) is 3.24 Å². The summed E-state index contributed by atoms with van der Waals surface area (Å²) in [4.78, 5) is 2.35. The maximum Gasteiger partial charge on any atom is 0.127 e. The highest BCUT2D eigenvalue weighted by Gasteiger charge is 2.63. The van der Waals surface area contributed by atoms with Crippen LogP contribution in [0.4, 0.5) is 4.39 Å². The minimum absolute atomic E-state index is 0.0438. The lowest BCUT2D eigenvalue weighted by Crippen LogP contribution is -2.62. The second-order valence-corrected chi connectivity index (χ2v) is 9.11. The summed E-state index contributed by atoms with van der Waals surface area (Å²) < 4.78 is 14.4. The predicted molar refractivity (Wildman–Crippen MR) is 97.3 cm³/mol. The van der Waals surface area contributed by atoms with Crippen molar-refractivity contribution in [3.63, 3.8) is 0 Å². The largest absolute Gasteiger partial charge is 0.301 e. The van der Waals surface area contributed by atoms with Crippen molar-refractivity contribution in [1.29, 1.82) is 0 Å². The van der Waals surface area contributed by atoms with Gasteiger partial charge in [0.1, 0.15) is 5.82 Å². The minimum atomic E-state index is -0.0438. The van der Waals surface area contributed by atoms with Crippen molar-refractivity contribution in [3.8, 4) is 0 Å². The predicted octanol–water partition coefficient (Wildman–Crippen LogP) is 5.37. The molecule has 0 aliphatic heterocycles. The first-order valence-electron chi connectivity index (χ1n) is 9.55. The summed E-state index contributed by atoms with van der Waals surface area (Å²) in [6, 6.07) is 5.79. The smallest absolute Gasteiger partial charge is 0.127 e. The Hall–Kier alpha value is -1.15. The van der Waals surface area contributed by atoms with Crippen molar-refractivity contribution >= 4 is 0 Å². The zero-order valence-electron chi connectivity index (χ0n) is 15.5. The monoisotopic (exact) mass is 327 g/mol. The van der Waals surface area contributed by atoms with E-state index in [1.807, 2.05) is 6.07 Å². The standard InChI is InChI=1S/C22H30FN/c1-14(2)16-5-6-17(20(23)9-16)12-24(4)13-22-10-18-7-15(3)8-19(11-22)21(18)22/h5-7,9,14-15,19,21H,8,10-13H2,1-4H3/t15?,19-,21?,22?/m0/s1. The summed E-state index contributed by atoms with van der Waals surface area (Å²) in [7, 11) is 2.16. The van der Waals surface area contributed by atoms with E-state index in [0.717, 1.165) is 42.0 Å². The summed E-state index contributed by atoms with van der Waals surface area (Å²) in [5, 5.41) is 0. The summed E-state index contributed by atoms with van der Waals surface area (Å²) in [5.41, 5.74) is 4.16. The Balaban J connectivity index is 1.40. The number of benzene rings is 1. The average Bonchev–Trinajstić information content (AvgIpc) is 2.46. The van der Waals surface area contributed by atoms with Gasteiger partial charge in [0.2, 0.25) is 0 Å². The molecule has 4 rings (SSSR count). The van der Waals surface area contributed by atoms with E-state index in [1.165, 1.54) is 19.3 Å². The maximum absolute atomic E-state index is 14.4. The van der Waals surface area contributed by atoms with Crippen molar-refractivity contribution < 1.29 is 4.39 Å². The molecule has 0 N–H and O–H groups in total. The van der Waals surface area contributed by atoms with Gasteiger partial charge >= 0.3 is 0 Å². The first-order valence-corrected chi connectivity index (χ1v) is 9.55. The van der Waals surface area contributed by atoms with Crippen LogP contribution in [0.15, 0.2) is 29.8 Å². The first-order chi connectivity index (χ1) is 11.4. The molecule has 3 aliphatic carbocycles. The lowest BCUT2D eigenvalue weighted by atomic mass is 9.38.